The highest BCUT2D eigenvalue weighted by molar-refractivity contribution is 5.29. The summed E-state index contributed by atoms with van der Waals surface area (Å²) in [6, 6.07) is 9.20. The van der Waals surface area contributed by atoms with E-state index in [-0.39, 0.29) is 0 Å². The van der Waals surface area contributed by atoms with Crippen LogP contribution in [0.1, 0.15) is 68.9 Å². The van der Waals surface area contributed by atoms with Gasteiger partial charge in [0, 0.05) is 6.54 Å². The Hall–Kier alpha value is -0.820. The summed E-state index contributed by atoms with van der Waals surface area (Å²) in [7, 11) is 0. The fourth-order valence-corrected chi connectivity index (χ4v) is 3.73. The van der Waals surface area contributed by atoms with Crippen LogP contribution in [0.4, 0.5) is 0 Å². The summed E-state index contributed by atoms with van der Waals surface area (Å²) in [6.45, 7) is 4.65. The summed E-state index contributed by atoms with van der Waals surface area (Å²) in [6.07, 6.45) is 10.00. The van der Waals surface area contributed by atoms with E-state index in [0.29, 0.717) is 0 Å². The first-order chi connectivity index (χ1) is 9.81. The predicted octanol–water partition coefficient (Wildman–Crippen LogP) is 4.87. The van der Waals surface area contributed by atoms with E-state index in [9.17, 15) is 0 Å². The Labute approximate surface area is 124 Å². The van der Waals surface area contributed by atoms with Gasteiger partial charge in [-0.1, -0.05) is 50.5 Å². The molecule has 0 bridgehead atoms. The highest BCUT2D eigenvalue weighted by Gasteiger charge is 2.23. The van der Waals surface area contributed by atoms with Gasteiger partial charge in [0.1, 0.15) is 0 Å². The van der Waals surface area contributed by atoms with Gasteiger partial charge in [-0.2, -0.15) is 0 Å². The van der Waals surface area contributed by atoms with E-state index in [4.69, 9.17) is 0 Å². The molecular weight excluding hydrogens is 242 g/mol. The van der Waals surface area contributed by atoms with Gasteiger partial charge in [-0.25, -0.2) is 0 Å². The first kappa shape index (κ1) is 14.1. The maximum Gasteiger partial charge on any atom is 0.0205 e. The van der Waals surface area contributed by atoms with Gasteiger partial charge in [0.15, 0.2) is 0 Å². The van der Waals surface area contributed by atoms with Crippen LogP contribution in [-0.4, -0.2) is 6.54 Å². The van der Waals surface area contributed by atoms with Gasteiger partial charge in [0.05, 0.1) is 0 Å². The van der Waals surface area contributed by atoms with Crippen molar-refractivity contribution in [2.75, 3.05) is 6.54 Å². The summed E-state index contributed by atoms with van der Waals surface area (Å²) in [5.74, 6) is 2.81. The summed E-state index contributed by atoms with van der Waals surface area (Å²) in [5.41, 5.74) is 3.02. The molecule has 0 aromatic heterocycles. The molecule has 110 valence electrons. The highest BCUT2D eigenvalue weighted by atomic mass is 14.8. The van der Waals surface area contributed by atoms with Crippen molar-refractivity contribution >= 4 is 0 Å². The molecule has 0 aliphatic heterocycles. The lowest BCUT2D eigenvalue weighted by molar-refractivity contribution is 0.267. The van der Waals surface area contributed by atoms with Crippen LogP contribution in [0.3, 0.4) is 0 Å². The highest BCUT2D eigenvalue weighted by Crippen LogP contribution is 2.40. The fourth-order valence-electron chi connectivity index (χ4n) is 3.73. The summed E-state index contributed by atoms with van der Waals surface area (Å²) in [4.78, 5) is 0. The van der Waals surface area contributed by atoms with Crippen LogP contribution in [0.2, 0.25) is 0 Å². The molecule has 20 heavy (non-hydrogen) atoms. The minimum Gasteiger partial charge on any atom is -0.313 e. The molecule has 1 aromatic rings. The number of nitrogens with one attached hydrogen (secondary N) is 1. The molecule has 2 atom stereocenters. The van der Waals surface area contributed by atoms with Crippen LogP contribution in [0.25, 0.3) is 0 Å². The Bertz CT molecular complexity index is 422. The topological polar surface area (TPSA) is 12.0 Å². The molecule has 2 saturated carbocycles. The second kappa shape index (κ2) is 6.76. The molecule has 3 rings (SSSR count). The third-order valence-electron chi connectivity index (χ3n) is 5.10. The quantitative estimate of drug-likeness (QED) is 0.728. The zero-order valence-corrected chi connectivity index (χ0v) is 12.9. The normalized spacial score (nSPS) is 26.6. The summed E-state index contributed by atoms with van der Waals surface area (Å²) in [5, 5.41) is 3.65. The van der Waals surface area contributed by atoms with Gasteiger partial charge in [-0.15, -0.1) is 0 Å². The number of benzene rings is 1. The largest absolute Gasteiger partial charge is 0.313 e. The van der Waals surface area contributed by atoms with Gasteiger partial charge in [-0.05, 0) is 61.1 Å². The predicted molar refractivity (Wildman–Crippen MR) is 85.9 cm³/mol. The molecular formula is C19H29N. The van der Waals surface area contributed by atoms with Crippen LogP contribution in [-0.2, 0) is 6.54 Å². The third kappa shape index (κ3) is 4.09. The third-order valence-corrected chi connectivity index (χ3v) is 5.10. The van der Waals surface area contributed by atoms with Crippen LogP contribution < -0.4 is 5.32 Å². The van der Waals surface area contributed by atoms with E-state index in [1.165, 1.54) is 57.1 Å². The Morgan fingerprint density at radius 1 is 1.15 bits per heavy atom. The number of rotatable bonds is 6. The first-order valence-corrected chi connectivity index (χ1v) is 8.61. The minimum atomic E-state index is 0.874. The standard InChI is InChI=1S/C19H29N/c1-15-4-2-5-16(12-15)10-11-20-14-17-6-3-7-19(13-17)18-8-9-18/h3,6-7,13,15-16,18,20H,2,4-5,8-12,14H2,1H3. The molecule has 2 unspecified atom stereocenters. The van der Waals surface area contributed by atoms with Crippen molar-refractivity contribution < 1.29 is 0 Å². The molecule has 1 N–H and O–H groups in total. The molecule has 0 saturated heterocycles. The zero-order valence-electron chi connectivity index (χ0n) is 12.9. The van der Waals surface area contributed by atoms with Gasteiger partial charge < -0.3 is 5.32 Å². The van der Waals surface area contributed by atoms with Crippen LogP contribution >= 0.6 is 0 Å². The molecule has 2 fully saturated rings. The maximum absolute atomic E-state index is 3.65. The fraction of sp³-hybridized carbons (Fsp3) is 0.684. The SMILES string of the molecule is CC1CCCC(CCNCc2cccc(C3CC3)c2)C1. The molecule has 2 aliphatic rings. The first-order valence-electron chi connectivity index (χ1n) is 8.61. The Morgan fingerprint density at radius 2 is 2.05 bits per heavy atom. The van der Waals surface area contributed by atoms with Crippen molar-refractivity contribution in [3.05, 3.63) is 35.4 Å². The lowest BCUT2D eigenvalue weighted by Crippen LogP contribution is -2.21. The second-order valence-corrected chi connectivity index (χ2v) is 7.12. The molecule has 0 amide bonds. The molecule has 0 radical (unpaired) electrons. The molecule has 0 spiro atoms. The van der Waals surface area contributed by atoms with Gasteiger partial charge in [-0.3, -0.25) is 0 Å². The van der Waals surface area contributed by atoms with Crippen LogP contribution in [0.15, 0.2) is 24.3 Å². The van der Waals surface area contributed by atoms with Crippen molar-refractivity contribution in [2.24, 2.45) is 11.8 Å². The minimum absolute atomic E-state index is 0.874. The molecule has 0 heterocycles. The smallest absolute Gasteiger partial charge is 0.0205 e. The van der Waals surface area contributed by atoms with E-state index in [1.807, 2.05) is 0 Å². The molecule has 1 nitrogen and oxygen atoms in total. The Balaban J connectivity index is 1.38. The summed E-state index contributed by atoms with van der Waals surface area (Å²) >= 11 is 0. The molecule has 1 heteroatoms. The number of hydrogen-bond donors (Lipinski definition) is 1. The van der Waals surface area contributed by atoms with E-state index in [0.717, 1.165) is 24.3 Å². The molecule has 2 aliphatic carbocycles. The van der Waals surface area contributed by atoms with Gasteiger partial charge in [0.25, 0.3) is 0 Å². The monoisotopic (exact) mass is 271 g/mol. The molecule has 1 aromatic carbocycles. The van der Waals surface area contributed by atoms with Crippen LogP contribution in [0.5, 0.6) is 0 Å². The second-order valence-electron chi connectivity index (χ2n) is 7.12. The van der Waals surface area contributed by atoms with Gasteiger partial charge >= 0.3 is 0 Å². The number of hydrogen-bond acceptors (Lipinski definition) is 1. The van der Waals surface area contributed by atoms with E-state index < -0.39 is 0 Å². The zero-order chi connectivity index (χ0) is 13.8. The lowest BCUT2D eigenvalue weighted by atomic mass is 9.81. The van der Waals surface area contributed by atoms with E-state index in [1.54, 1.807) is 5.56 Å². The average molecular weight is 271 g/mol. The van der Waals surface area contributed by atoms with Crippen molar-refractivity contribution in [1.82, 2.24) is 5.32 Å². The van der Waals surface area contributed by atoms with Crippen molar-refractivity contribution in [3.63, 3.8) is 0 Å². The summed E-state index contributed by atoms with van der Waals surface area (Å²) < 4.78 is 0. The van der Waals surface area contributed by atoms with Crippen molar-refractivity contribution in [3.8, 4) is 0 Å². The van der Waals surface area contributed by atoms with E-state index in [2.05, 4.69) is 36.5 Å². The van der Waals surface area contributed by atoms with E-state index >= 15 is 0 Å². The average Bonchev–Trinajstić information content (AvgIpc) is 3.29. The lowest BCUT2D eigenvalue weighted by Gasteiger charge is -2.26. The van der Waals surface area contributed by atoms with Crippen molar-refractivity contribution in [2.45, 2.75) is 64.3 Å². The maximum atomic E-state index is 3.65. The van der Waals surface area contributed by atoms with Crippen LogP contribution in [0, 0.1) is 11.8 Å². The Morgan fingerprint density at radius 3 is 2.85 bits per heavy atom. The van der Waals surface area contributed by atoms with Crippen molar-refractivity contribution in [1.29, 1.82) is 0 Å². The van der Waals surface area contributed by atoms with Gasteiger partial charge in [0.2, 0.25) is 0 Å². The Kier molecular flexibility index (Phi) is 4.77.